The molecule has 1 heterocycles. The molecule has 0 saturated carbocycles. The summed E-state index contributed by atoms with van der Waals surface area (Å²) in [4.78, 5) is 0. The van der Waals surface area contributed by atoms with E-state index in [1.54, 1.807) is 6.07 Å². The molecule has 0 amide bonds. The Balaban J connectivity index is 2.03. The van der Waals surface area contributed by atoms with Gasteiger partial charge in [0.05, 0.1) is 6.61 Å². The molecule has 18 heavy (non-hydrogen) atoms. The lowest BCUT2D eigenvalue weighted by atomic mass is 9.89. The van der Waals surface area contributed by atoms with Crippen molar-refractivity contribution in [1.82, 2.24) is 5.32 Å². The van der Waals surface area contributed by atoms with Crippen molar-refractivity contribution in [1.29, 1.82) is 0 Å². The van der Waals surface area contributed by atoms with Crippen LogP contribution in [0.2, 0.25) is 0 Å². The van der Waals surface area contributed by atoms with Crippen molar-refractivity contribution in [2.24, 2.45) is 5.92 Å². The maximum absolute atomic E-state index is 13.7. The Bertz CT molecular complexity index is 381. The summed E-state index contributed by atoms with van der Waals surface area (Å²) in [5.74, 6) is 0.254. The van der Waals surface area contributed by atoms with E-state index in [9.17, 15) is 4.39 Å². The van der Waals surface area contributed by atoms with Gasteiger partial charge < -0.3 is 10.1 Å². The van der Waals surface area contributed by atoms with Crippen molar-refractivity contribution < 1.29 is 9.13 Å². The van der Waals surface area contributed by atoms with Gasteiger partial charge in [-0.15, -0.1) is 0 Å². The Labute approximate surface area is 109 Å². The summed E-state index contributed by atoms with van der Waals surface area (Å²) in [7, 11) is 0. The summed E-state index contributed by atoms with van der Waals surface area (Å²) in [6, 6.07) is 7.92. The summed E-state index contributed by atoms with van der Waals surface area (Å²) >= 11 is 0. The van der Waals surface area contributed by atoms with E-state index in [1.165, 1.54) is 6.07 Å². The van der Waals surface area contributed by atoms with Crippen molar-refractivity contribution in [2.75, 3.05) is 13.2 Å². The van der Waals surface area contributed by atoms with Gasteiger partial charge in [0.25, 0.3) is 0 Å². The topological polar surface area (TPSA) is 21.3 Å². The third-order valence-electron chi connectivity index (χ3n) is 3.46. The first-order valence-corrected chi connectivity index (χ1v) is 6.74. The van der Waals surface area contributed by atoms with Crippen LogP contribution in [0.5, 0.6) is 0 Å². The normalized spacial score (nSPS) is 24.4. The number of rotatable bonds is 4. The van der Waals surface area contributed by atoms with Crippen LogP contribution in [-0.2, 0) is 11.2 Å². The highest BCUT2D eigenvalue weighted by atomic mass is 19.1. The number of hydrogen-bond acceptors (Lipinski definition) is 2. The van der Waals surface area contributed by atoms with Gasteiger partial charge in [-0.3, -0.25) is 0 Å². The van der Waals surface area contributed by atoms with Crippen LogP contribution in [0.25, 0.3) is 0 Å². The van der Waals surface area contributed by atoms with Gasteiger partial charge in [-0.1, -0.05) is 32.0 Å². The zero-order valence-electron chi connectivity index (χ0n) is 11.2. The summed E-state index contributed by atoms with van der Waals surface area (Å²) < 4.78 is 19.2. The molecule has 2 atom stereocenters. The van der Waals surface area contributed by atoms with Crippen LogP contribution in [0.3, 0.4) is 0 Å². The van der Waals surface area contributed by atoms with Crippen LogP contribution < -0.4 is 5.32 Å². The van der Waals surface area contributed by atoms with E-state index < -0.39 is 0 Å². The monoisotopic (exact) mass is 251 g/mol. The average molecular weight is 251 g/mol. The summed E-state index contributed by atoms with van der Waals surface area (Å²) in [6.45, 7) is 5.82. The molecule has 1 aromatic rings. The smallest absolute Gasteiger partial charge is 0.126 e. The highest BCUT2D eigenvalue weighted by Crippen LogP contribution is 2.21. The van der Waals surface area contributed by atoms with Crippen molar-refractivity contribution in [2.45, 2.75) is 38.8 Å². The van der Waals surface area contributed by atoms with Gasteiger partial charge in [-0.2, -0.15) is 0 Å². The minimum absolute atomic E-state index is 0.105. The summed E-state index contributed by atoms with van der Waals surface area (Å²) in [5, 5.41) is 3.57. The molecule has 1 fully saturated rings. The van der Waals surface area contributed by atoms with E-state index in [-0.39, 0.29) is 5.82 Å². The number of ether oxygens (including phenoxy) is 1. The zero-order chi connectivity index (χ0) is 13.0. The molecule has 0 bridgehead atoms. The molecule has 100 valence electrons. The van der Waals surface area contributed by atoms with E-state index in [0.717, 1.165) is 31.6 Å². The fourth-order valence-electron chi connectivity index (χ4n) is 2.59. The number of hydrogen-bond donors (Lipinski definition) is 1. The van der Waals surface area contributed by atoms with E-state index in [1.807, 2.05) is 12.1 Å². The minimum Gasteiger partial charge on any atom is -0.381 e. The second-order valence-corrected chi connectivity index (χ2v) is 5.35. The quantitative estimate of drug-likeness (QED) is 0.888. The molecule has 1 saturated heterocycles. The van der Waals surface area contributed by atoms with Gasteiger partial charge in [-0.05, 0) is 24.5 Å². The standard InChI is InChI=1S/C15H22FNO/c1-11(2)17-15-7-8-18-10-13(15)9-12-5-3-4-6-14(12)16/h3-6,11,13,15,17H,7-10H2,1-2H3/t13-,15+/m0/s1. The maximum atomic E-state index is 13.7. The molecule has 1 aromatic carbocycles. The Kier molecular flexibility index (Phi) is 4.72. The second-order valence-electron chi connectivity index (χ2n) is 5.35. The van der Waals surface area contributed by atoms with Gasteiger partial charge in [0.2, 0.25) is 0 Å². The molecule has 0 aromatic heterocycles. The maximum Gasteiger partial charge on any atom is 0.126 e. The molecule has 2 rings (SSSR count). The van der Waals surface area contributed by atoms with E-state index in [2.05, 4.69) is 19.2 Å². The predicted octanol–water partition coefficient (Wildman–Crippen LogP) is 2.77. The fourth-order valence-corrected chi connectivity index (χ4v) is 2.59. The Hall–Kier alpha value is -0.930. The first kappa shape index (κ1) is 13.5. The van der Waals surface area contributed by atoms with Crippen LogP contribution in [0.1, 0.15) is 25.8 Å². The molecule has 3 heteroatoms. The third-order valence-corrected chi connectivity index (χ3v) is 3.46. The first-order chi connectivity index (χ1) is 8.66. The van der Waals surface area contributed by atoms with Crippen molar-refractivity contribution >= 4 is 0 Å². The van der Waals surface area contributed by atoms with Crippen LogP contribution in [0.15, 0.2) is 24.3 Å². The van der Waals surface area contributed by atoms with Crippen LogP contribution >= 0.6 is 0 Å². The molecular weight excluding hydrogens is 229 g/mol. The molecule has 1 N–H and O–H groups in total. The molecule has 0 spiro atoms. The molecular formula is C15H22FNO. The lowest BCUT2D eigenvalue weighted by Crippen LogP contribution is -2.46. The SMILES string of the molecule is CC(C)N[C@@H]1CCOC[C@@H]1Cc1ccccc1F. The number of benzene rings is 1. The van der Waals surface area contributed by atoms with Crippen LogP contribution in [0.4, 0.5) is 4.39 Å². The lowest BCUT2D eigenvalue weighted by Gasteiger charge is -2.33. The van der Waals surface area contributed by atoms with Crippen molar-refractivity contribution in [3.05, 3.63) is 35.6 Å². The first-order valence-electron chi connectivity index (χ1n) is 6.74. The molecule has 2 nitrogen and oxygen atoms in total. The summed E-state index contributed by atoms with van der Waals surface area (Å²) in [5.41, 5.74) is 0.795. The van der Waals surface area contributed by atoms with Crippen LogP contribution in [-0.4, -0.2) is 25.3 Å². The number of halogens is 1. The van der Waals surface area contributed by atoms with Gasteiger partial charge in [0, 0.05) is 24.6 Å². The van der Waals surface area contributed by atoms with Gasteiger partial charge >= 0.3 is 0 Å². The second kappa shape index (κ2) is 6.30. The van der Waals surface area contributed by atoms with E-state index in [0.29, 0.717) is 18.0 Å². The van der Waals surface area contributed by atoms with Crippen molar-refractivity contribution in [3.8, 4) is 0 Å². The average Bonchev–Trinajstić information content (AvgIpc) is 2.34. The molecule has 0 aliphatic carbocycles. The zero-order valence-corrected chi connectivity index (χ0v) is 11.2. The minimum atomic E-state index is -0.105. The Morgan fingerprint density at radius 1 is 1.39 bits per heavy atom. The fraction of sp³-hybridized carbons (Fsp3) is 0.600. The third kappa shape index (κ3) is 3.53. The number of nitrogens with one attached hydrogen (secondary N) is 1. The van der Waals surface area contributed by atoms with Crippen LogP contribution in [0, 0.1) is 11.7 Å². The van der Waals surface area contributed by atoms with Gasteiger partial charge in [-0.25, -0.2) is 4.39 Å². The molecule has 1 aliphatic heterocycles. The van der Waals surface area contributed by atoms with Gasteiger partial charge in [0.15, 0.2) is 0 Å². The lowest BCUT2D eigenvalue weighted by molar-refractivity contribution is 0.0297. The van der Waals surface area contributed by atoms with E-state index >= 15 is 0 Å². The highest BCUT2D eigenvalue weighted by Gasteiger charge is 2.26. The Morgan fingerprint density at radius 3 is 2.89 bits per heavy atom. The molecule has 1 aliphatic rings. The summed E-state index contributed by atoms with van der Waals surface area (Å²) in [6.07, 6.45) is 1.76. The largest absolute Gasteiger partial charge is 0.381 e. The Morgan fingerprint density at radius 2 is 2.17 bits per heavy atom. The van der Waals surface area contributed by atoms with Crippen molar-refractivity contribution in [3.63, 3.8) is 0 Å². The molecule has 0 unspecified atom stereocenters. The van der Waals surface area contributed by atoms with Gasteiger partial charge in [0.1, 0.15) is 5.82 Å². The predicted molar refractivity (Wildman–Crippen MR) is 71.1 cm³/mol. The van der Waals surface area contributed by atoms with E-state index in [4.69, 9.17) is 4.74 Å². The highest BCUT2D eigenvalue weighted by molar-refractivity contribution is 5.18. The molecule has 0 radical (unpaired) electrons.